The van der Waals surface area contributed by atoms with Crippen molar-refractivity contribution in [2.75, 3.05) is 0 Å². The Morgan fingerprint density at radius 2 is 1.09 bits per heavy atom. The number of hydrogen-bond donors (Lipinski definition) is 0. The average Bonchev–Trinajstić information content (AvgIpc) is 2.87. The summed E-state index contributed by atoms with van der Waals surface area (Å²) in [5.74, 6) is 4.40. The van der Waals surface area contributed by atoms with Gasteiger partial charge in [0.1, 0.15) is 23.0 Å². The molecule has 0 aliphatic carbocycles. The minimum atomic E-state index is 0.533. The predicted octanol–water partition coefficient (Wildman–Crippen LogP) is 10.3. The van der Waals surface area contributed by atoms with E-state index in [2.05, 4.69) is 63.2 Å². The molecule has 4 aromatic rings. The molecule has 2 aliphatic heterocycles. The summed E-state index contributed by atoms with van der Waals surface area (Å²) in [4.78, 5) is 4.79. The van der Waals surface area contributed by atoms with Gasteiger partial charge in [0.05, 0.1) is 19.6 Å². The van der Waals surface area contributed by atoms with Gasteiger partial charge in [-0.1, -0.05) is 87.6 Å². The Bertz CT molecular complexity index is 1280. The molecule has 0 N–H and O–H groups in total. The van der Waals surface area contributed by atoms with Gasteiger partial charge in [0.25, 0.3) is 0 Å². The molecule has 4 heteroatoms. The molecule has 0 fully saturated rings. The van der Waals surface area contributed by atoms with Crippen LogP contribution in [0.3, 0.4) is 0 Å². The molecule has 34 heavy (non-hydrogen) atoms. The molecule has 0 saturated heterocycles. The third-order valence-corrected chi connectivity index (χ3v) is 7.52. The van der Waals surface area contributed by atoms with Crippen LogP contribution in [0, 0.1) is 6.92 Å². The normalized spacial score (nSPS) is 12.2. The lowest BCUT2D eigenvalue weighted by molar-refractivity contribution is 0.453. The van der Waals surface area contributed by atoms with E-state index >= 15 is 0 Å². The van der Waals surface area contributed by atoms with E-state index in [4.69, 9.17) is 9.47 Å². The van der Waals surface area contributed by atoms with E-state index in [9.17, 15) is 0 Å². The van der Waals surface area contributed by atoms with Gasteiger partial charge in [-0.25, -0.2) is 0 Å². The fourth-order valence-electron chi connectivity index (χ4n) is 3.54. The SMILES string of the molecule is CC.CC(C)c1ccc2c(c1)Oc1ccccc1S2.Cc1ccc2c(c1)Sc1ccccc1O2. The summed E-state index contributed by atoms with van der Waals surface area (Å²) in [5.41, 5.74) is 2.59. The molecule has 2 heterocycles. The summed E-state index contributed by atoms with van der Waals surface area (Å²) >= 11 is 3.55. The van der Waals surface area contributed by atoms with Crippen molar-refractivity contribution in [2.45, 2.75) is 60.1 Å². The van der Waals surface area contributed by atoms with Crippen LogP contribution >= 0.6 is 23.5 Å². The van der Waals surface area contributed by atoms with Gasteiger partial charge in [0.2, 0.25) is 0 Å². The van der Waals surface area contributed by atoms with E-state index in [1.807, 2.05) is 56.3 Å². The summed E-state index contributed by atoms with van der Waals surface area (Å²) in [7, 11) is 0. The first-order valence-corrected chi connectivity index (χ1v) is 13.3. The van der Waals surface area contributed by atoms with Crippen LogP contribution in [0.5, 0.6) is 23.0 Å². The molecular formula is C30H30O2S2. The van der Waals surface area contributed by atoms with Crippen molar-refractivity contribution >= 4 is 23.5 Å². The monoisotopic (exact) mass is 486 g/mol. The smallest absolute Gasteiger partial charge is 0.141 e. The quantitative estimate of drug-likeness (QED) is 0.230. The average molecular weight is 487 g/mol. The molecule has 4 aromatic carbocycles. The second kappa shape index (κ2) is 11.1. The van der Waals surface area contributed by atoms with E-state index in [0.717, 1.165) is 23.0 Å². The Balaban J connectivity index is 0.000000151. The van der Waals surface area contributed by atoms with Crippen LogP contribution in [0.15, 0.2) is 105 Å². The van der Waals surface area contributed by atoms with E-state index < -0.39 is 0 Å². The standard InChI is InChI=1S/C15H14OS.C13H10OS.C2H6/c1-10(2)11-7-8-15-13(9-11)16-12-5-3-4-6-14(12)17-15;1-9-6-7-11-13(8-9)15-12-5-3-2-4-10(12)14-11;1-2/h3-10H,1-2H3;2-8H,1H3;1-2H3. The first-order chi connectivity index (χ1) is 16.6. The molecule has 0 bridgehead atoms. The lowest BCUT2D eigenvalue weighted by atomic mass is 10.0. The summed E-state index contributed by atoms with van der Waals surface area (Å²) in [6.07, 6.45) is 0. The minimum Gasteiger partial charge on any atom is -0.455 e. The van der Waals surface area contributed by atoms with Gasteiger partial charge < -0.3 is 9.47 Å². The van der Waals surface area contributed by atoms with Crippen molar-refractivity contribution in [1.29, 1.82) is 0 Å². The highest BCUT2D eigenvalue weighted by Crippen LogP contribution is 2.48. The highest BCUT2D eigenvalue weighted by molar-refractivity contribution is 7.99. The summed E-state index contributed by atoms with van der Waals surface area (Å²) in [5, 5.41) is 0. The summed E-state index contributed by atoms with van der Waals surface area (Å²) < 4.78 is 11.8. The molecule has 174 valence electrons. The fraction of sp³-hybridized carbons (Fsp3) is 0.200. The van der Waals surface area contributed by atoms with Crippen LogP contribution in [0.4, 0.5) is 0 Å². The van der Waals surface area contributed by atoms with Crippen LogP contribution in [0.2, 0.25) is 0 Å². The van der Waals surface area contributed by atoms with Crippen LogP contribution in [0.1, 0.15) is 44.7 Å². The number of para-hydroxylation sites is 2. The van der Waals surface area contributed by atoms with Gasteiger partial charge in [-0.15, -0.1) is 0 Å². The van der Waals surface area contributed by atoms with E-state index in [1.165, 1.54) is 30.7 Å². The number of fused-ring (bicyclic) bond motifs is 4. The van der Waals surface area contributed by atoms with Gasteiger partial charge in [0.15, 0.2) is 0 Å². The zero-order valence-electron chi connectivity index (χ0n) is 20.3. The van der Waals surface area contributed by atoms with Crippen molar-refractivity contribution < 1.29 is 9.47 Å². The molecule has 0 atom stereocenters. The predicted molar refractivity (Wildman–Crippen MR) is 144 cm³/mol. The second-order valence-electron chi connectivity index (χ2n) is 8.11. The summed E-state index contributed by atoms with van der Waals surface area (Å²) in [6, 6.07) is 29.1. The van der Waals surface area contributed by atoms with E-state index in [0.29, 0.717) is 5.92 Å². The van der Waals surface area contributed by atoms with Crippen LogP contribution in [0.25, 0.3) is 0 Å². The molecule has 0 unspecified atom stereocenters. The Kier molecular flexibility index (Phi) is 7.91. The Morgan fingerprint density at radius 1 is 0.559 bits per heavy atom. The maximum Gasteiger partial charge on any atom is 0.141 e. The second-order valence-corrected chi connectivity index (χ2v) is 10.3. The number of aryl methyl sites for hydroxylation is 1. The molecule has 0 amide bonds. The zero-order chi connectivity index (χ0) is 24.1. The number of rotatable bonds is 1. The third kappa shape index (κ3) is 5.45. The van der Waals surface area contributed by atoms with Crippen molar-refractivity contribution in [3.63, 3.8) is 0 Å². The summed E-state index contributed by atoms with van der Waals surface area (Å²) in [6.45, 7) is 10.5. The van der Waals surface area contributed by atoms with Crippen molar-refractivity contribution in [3.8, 4) is 23.0 Å². The molecule has 6 rings (SSSR count). The molecule has 2 nitrogen and oxygen atoms in total. The minimum absolute atomic E-state index is 0.533. The topological polar surface area (TPSA) is 18.5 Å². The van der Waals surface area contributed by atoms with Crippen LogP contribution in [-0.2, 0) is 0 Å². The Morgan fingerprint density at radius 3 is 1.74 bits per heavy atom. The highest BCUT2D eigenvalue weighted by Gasteiger charge is 2.18. The van der Waals surface area contributed by atoms with Crippen molar-refractivity contribution in [3.05, 3.63) is 96.1 Å². The van der Waals surface area contributed by atoms with Gasteiger partial charge in [-0.3, -0.25) is 0 Å². The Hall–Kier alpha value is -2.82. The van der Waals surface area contributed by atoms with Crippen molar-refractivity contribution in [2.24, 2.45) is 0 Å². The van der Waals surface area contributed by atoms with E-state index in [-0.39, 0.29) is 0 Å². The third-order valence-electron chi connectivity index (χ3n) is 5.31. The lowest BCUT2D eigenvalue weighted by Crippen LogP contribution is -1.96. The molecule has 0 saturated carbocycles. The number of ether oxygens (including phenoxy) is 2. The Labute approximate surface area is 211 Å². The molecule has 0 radical (unpaired) electrons. The van der Waals surface area contributed by atoms with Crippen molar-refractivity contribution in [1.82, 2.24) is 0 Å². The maximum absolute atomic E-state index is 5.95. The molecule has 0 spiro atoms. The van der Waals surface area contributed by atoms with Crippen LogP contribution in [-0.4, -0.2) is 0 Å². The lowest BCUT2D eigenvalue weighted by Gasteiger charge is -2.20. The van der Waals surface area contributed by atoms with Gasteiger partial charge in [-0.05, 0) is 72.5 Å². The first-order valence-electron chi connectivity index (χ1n) is 11.7. The van der Waals surface area contributed by atoms with Gasteiger partial charge in [0, 0.05) is 0 Å². The van der Waals surface area contributed by atoms with Gasteiger partial charge >= 0.3 is 0 Å². The molecular weight excluding hydrogens is 456 g/mol. The number of hydrogen-bond acceptors (Lipinski definition) is 4. The largest absolute Gasteiger partial charge is 0.455 e. The molecule has 0 aromatic heterocycles. The number of benzene rings is 4. The maximum atomic E-state index is 5.95. The highest BCUT2D eigenvalue weighted by atomic mass is 32.2. The van der Waals surface area contributed by atoms with Crippen LogP contribution < -0.4 is 9.47 Å². The zero-order valence-corrected chi connectivity index (χ0v) is 21.9. The molecule has 2 aliphatic rings. The fourth-order valence-corrected chi connectivity index (χ4v) is 5.52. The van der Waals surface area contributed by atoms with E-state index in [1.54, 1.807) is 23.5 Å². The van der Waals surface area contributed by atoms with Gasteiger partial charge in [-0.2, -0.15) is 0 Å². The first kappa shape index (κ1) is 24.3.